The highest BCUT2D eigenvalue weighted by atomic mass is 16.5. The van der Waals surface area contributed by atoms with Gasteiger partial charge in [-0.05, 0) is 31.9 Å². The average Bonchev–Trinajstić information content (AvgIpc) is 3.39. The largest absolute Gasteiger partial charge is 0.465 e. The second-order valence-electron chi connectivity index (χ2n) is 6.60. The van der Waals surface area contributed by atoms with Gasteiger partial charge in [0.25, 0.3) is 0 Å². The maximum Gasteiger partial charge on any atom is 0.129 e. The molecule has 0 bridgehead atoms. The molecule has 4 rings (SSSR count). The van der Waals surface area contributed by atoms with Gasteiger partial charge in [0.1, 0.15) is 23.7 Å². The van der Waals surface area contributed by atoms with E-state index >= 15 is 0 Å². The SMILES string of the molecule is Cc1ccc([C@@H](CNc2cc(C3CC3)ncn2)N2CCOCC2)o1. The molecule has 1 N–H and O–H groups in total. The Morgan fingerprint density at radius 3 is 2.79 bits per heavy atom. The fourth-order valence-electron chi connectivity index (χ4n) is 3.20. The molecule has 6 heteroatoms. The average molecular weight is 328 g/mol. The molecule has 0 spiro atoms. The van der Waals surface area contributed by atoms with Gasteiger partial charge in [-0.2, -0.15) is 0 Å². The van der Waals surface area contributed by atoms with Crippen molar-refractivity contribution in [2.75, 3.05) is 38.2 Å². The van der Waals surface area contributed by atoms with Crippen LogP contribution in [0, 0.1) is 6.92 Å². The van der Waals surface area contributed by atoms with E-state index in [1.165, 1.54) is 12.8 Å². The second-order valence-corrected chi connectivity index (χ2v) is 6.60. The Morgan fingerprint density at radius 1 is 1.25 bits per heavy atom. The first-order valence-corrected chi connectivity index (χ1v) is 8.73. The fraction of sp³-hybridized carbons (Fsp3) is 0.556. The summed E-state index contributed by atoms with van der Waals surface area (Å²) in [5, 5.41) is 3.48. The van der Waals surface area contributed by atoms with Crippen LogP contribution in [0.5, 0.6) is 0 Å². The molecule has 24 heavy (non-hydrogen) atoms. The van der Waals surface area contributed by atoms with Crippen LogP contribution >= 0.6 is 0 Å². The molecule has 1 aliphatic carbocycles. The molecule has 0 aromatic carbocycles. The van der Waals surface area contributed by atoms with Gasteiger partial charge in [0.15, 0.2) is 0 Å². The summed E-state index contributed by atoms with van der Waals surface area (Å²) in [5.74, 6) is 3.48. The van der Waals surface area contributed by atoms with Gasteiger partial charge in [-0.1, -0.05) is 0 Å². The quantitative estimate of drug-likeness (QED) is 0.880. The Hall–Kier alpha value is -1.92. The van der Waals surface area contributed by atoms with Gasteiger partial charge in [0.2, 0.25) is 0 Å². The van der Waals surface area contributed by atoms with E-state index < -0.39 is 0 Å². The van der Waals surface area contributed by atoms with E-state index in [2.05, 4.69) is 32.3 Å². The fourth-order valence-corrected chi connectivity index (χ4v) is 3.20. The van der Waals surface area contributed by atoms with Crippen molar-refractivity contribution in [3.63, 3.8) is 0 Å². The van der Waals surface area contributed by atoms with E-state index in [0.717, 1.165) is 55.9 Å². The number of rotatable bonds is 6. The van der Waals surface area contributed by atoms with Crippen molar-refractivity contribution in [2.45, 2.75) is 31.7 Å². The first-order valence-electron chi connectivity index (χ1n) is 8.73. The van der Waals surface area contributed by atoms with Gasteiger partial charge >= 0.3 is 0 Å². The minimum Gasteiger partial charge on any atom is -0.465 e. The van der Waals surface area contributed by atoms with E-state index in [9.17, 15) is 0 Å². The van der Waals surface area contributed by atoms with Crippen LogP contribution in [0.1, 0.15) is 42.0 Å². The van der Waals surface area contributed by atoms with Crippen LogP contribution in [-0.2, 0) is 4.74 Å². The van der Waals surface area contributed by atoms with E-state index in [1.807, 2.05) is 13.0 Å². The Balaban J connectivity index is 1.47. The van der Waals surface area contributed by atoms with Crippen molar-refractivity contribution in [1.29, 1.82) is 0 Å². The van der Waals surface area contributed by atoms with Gasteiger partial charge in [0.05, 0.1) is 19.3 Å². The molecule has 1 saturated heterocycles. The maximum absolute atomic E-state index is 5.90. The third kappa shape index (κ3) is 3.60. The standard InChI is InChI=1S/C18H24N4O2/c1-13-2-5-17(24-13)16(22-6-8-23-9-7-22)11-19-18-10-15(14-3-4-14)20-12-21-18/h2,5,10,12,14,16H,3-4,6-9,11H2,1H3,(H,19,20,21)/t16-/m1/s1. The monoisotopic (exact) mass is 328 g/mol. The molecule has 2 fully saturated rings. The molecule has 3 heterocycles. The molecule has 1 atom stereocenters. The highest BCUT2D eigenvalue weighted by molar-refractivity contribution is 5.37. The van der Waals surface area contributed by atoms with Crippen molar-refractivity contribution in [2.24, 2.45) is 0 Å². The lowest BCUT2D eigenvalue weighted by Crippen LogP contribution is -2.41. The van der Waals surface area contributed by atoms with E-state index in [4.69, 9.17) is 9.15 Å². The Morgan fingerprint density at radius 2 is 2.08 bits per heavy atom. The highest BCUT2D eigenvalue weighted by Crippen LogP contribution is 2.39. The smallest absolute Gasteiger partial charge is 0.129 e. The molecule has 0 unspecified atom stereocenters. The van der Waals surface area contributed by atoms with E-state index in [0.29, 0.717) is 5.92 Å². The van der Waals surface area contributed by atoms with Gasteiger partial charge in [-0.3, -0.25) is 4.90 Å². The Kier molecular flexibility index (Phi) is 4.49. The van der Waals surface area contributed by atoms with Crippen LogP contribution in [-0.4, -0.2) is 47.7 Å². The van der Waals surface area contributed by atoms with Crippen molar-refractivity contribution in [3.8, 4) is 0 Å². The lowest BCUT2D eigenvalue weighted by atomic mass is 10.1. The minimum absolute atomic E-state index is 0.182. The Labute approximate surface area is 142 Å². The third-order valence-corrected chi connectivity index (χ3v) is 4.74. The summed E-state index contributed by atoms with van der Waals surface area (Å²) in [7, 11) is 0. The van der Waals surface area contributed by atoms with Crippen LogP contribution < -0.4 is 5.32 Å². The predicted octanol–water partition coefficient (Wildman–Crippen LogP) is 2.74. The van der Waals surface area contributed by atoms with Crippen molar-refractivity contribution in [1.82, 2.24) is 14.9 Å². The van der Waals surface area contributed by atoms with Crippen LogP contribution in [0.15, 0.2) is 28.9 Å². The molecule has 2 aromatic rings. The minimum atomic E-state index is 0.182. The van der Waals surface area contributed by atoms with E-state index in [1.54, 1.807) is 6.33 Å². The molecule has 2 aromatic heterocycles. The molecular weight excluding hydrogens is 304 g/mol. The third-order valence-electron chi connectivity index (χ3n) is 4.74. The molecular formula is C18H24N4O2. The number of morpholine rings is 1. The number of aryl methyl sites for hydroxylation is 1. The highest BCUT2D eigenvalue weighted by Gasteiger charge is 2.27. The zero-order valence-electron chi connectivity index (χ0n) is 14.1. The Bertz CT molecular complexity index is 677. The van der Waals surface area contributed by atoms with Crippen LogP contribution in [0.2, 0.25) is 0 Å². The topological polar surface area (TPSA) is 63.4 Å². The predicted molar refractivity (Wildman–Crippen MR) is 91.1 cm³/mol. The summed E-state index contributed by atoms with van der Waals surface area (Å²) >= 11 is 0. The van der Waals surface area contributed by atoms with Gasteiger partial charge in [0, 0.05) is 37.3 Å². The zero-order chi connectivity index (χ0) is 16.4. The summed E-state index contributed by atoms with van der Waals surface area (Å²) in [6.45, 7) is 6.13. The zero-order valence-corrected chi connectivity index (χ0v) is 14.1. The molecule has 1 aliphatic heterocycles. The number of aromatic nitrogens is 2. The maximum atomic E-state index is 5.90. The van der Waals surface area contributed by atoms with Crippen LogP contribution in [0.25, 0.3) is 0 Å². The van der Waals surface area contributed by atoms with Gasteiger partial charge < -0.3 is 14.5 Å². The first-order chi connectivity index (χ1) is 11.8. The molecule has 0 radical (unpaired) electrons. The number of anilines is 1. The summed E-state index contributed by atoms with van der Waals surface area (Å²) in [6, 6.07) is 6.37. The molecule has 0 amide bonds. The van der Waals surface area contributed by atoms with Crippen molar-refractivity contribution < 1.29 is 9.15 Å². The summed E-state index contributed by atoms with van der Waals surface area (Å²) in [6.07, 6.45) is 4.16. The lowest BCUT2D eigenvalue weighted by molar-refractivity contribution is 0.0143. The first kappa shape index (κ1) is 15.6. The van der Waals surface area contributed by atoms with Crippen molar-refractivity contribution in [3.05, 3.63) is 41.7 Å². The number of hydrogen-bond donors (Lipinski definition) is 1. The van der Waals surface area contributed by atoms with E-state index in [-0.39, 0.29) is 6.04 Å². The van der Waals surface area contributed by atoms with Gasteiger partial charge in [-0.15, -0.1) is 0 Å². The summed E-state index contributed by atoms with van der Waals surface area (Å²) < 4.78 is 11.4. The molecule has 6 nitrogen and oxygen atoms in total. The lowest BCUT2D eigenvalue weighted by Gasteiger charge is -2.33. The summed E-state index contributed by atoms with van der Waals surface area (Å²) in [4.78, 5) is 11.2. The van der Waals surface area contributed by atoms with Crippen molar-refractivity contribution >= 4 is 5.82 Å². The normalized spacial score (nSPS) is 20.0. The molecule has 2 aliphatic rings. The number of ether oxygens (including phenoxy) is 1. The second kappa shape index (κ2) is 6.91. The number of hydrogen-bond acceptors (Lipinski definition) is 6. The number of nitrogens with one attached hydrogen (secondary N) is 1. The number of nitrogens with zero attached hydrogens (tertiary/aromatic N) is 3. The van der Waals surface area contributed by atoms with Crippen LogP contribution in [0.4, 0.5) is 5.82 Å². The summed E-state index contributed by atoms with van der Waals surface area (Å²) in [5.41, 5.74) is 1.16. The van der Waals surface area contributed by atoms with Crippen LogP contribution in [0.3, 0.4) is 0 Å². The number of furan rings is 1. The van der Waals surface area contributed by atoms with Gasteiger partial charge in [-0.25, -0.2) is 9.97 Å². The molecule has 1 saturated carbocycles. The molecule has 128 valence electrons.